The average molecular weight is 272 g/mol. The van der Waals surface area contributed by atoms with Gasteiger partial charge in [-0.2, -0.15) is 0 Å². The van der Waals surface area contributed by atoms with Gasteiger partial charge >= 0.3 is 0 Å². The molecule has 0 radical (unpaired) electrons. The van der Waals surface area contributed by atoms with Crippen molar-refractivity contribution in [1.29, 1.82) is 0 Å². The van der Waals surface area contributed by atoms with Crippen LogP contribution in [0.1, 0.15) is 0 Å². The summed E-state index contributed by atoms with van der Waals surface area (Å²) in [7, 11) is 0. The molecule has 0 spiro atoms. The van der Waals surface area contributed by atoms with Gasteiger partial charge in [-0.1, -0.05) is 11.6 Å². The standard InChI is InChI=1S/C14H10ClN3O/c15-9-1-6-12-13(7-9)16-8-14(18-12)17-10-2-4-11(19)5-3-10/h1-8,19H,(H,17,18). The van der Waals surface area contributed by atoms with Crippen molar-refractivity contribution in [3.8, 4) is 5.75 Å². The maximum absolute atomic E-state index is 9.22. The lowest BCUT2D eigenvalue weighted by Gasteiger charge is -2.06. The summed E-state index contributed by atoms with van der Waals surface area (Å²) in [6.45, 7) is 0. The molecule has 0 fully saturated rings. The normalized spacial score (nSPS) is 10.6. The van der Waals surface area contributed by atoms with Gasteiger partial charge in [-0.3, -0.25) is 4.98 Å². The molecule has 1 heterocycles. The largest absolute Gasteiger partial charge is 0.508 e. The molecule has 2 N–H and O–H groups in total. The number of benzene rings is 2. The number of nitrogens with zero attached hydrogens (tertiary/aromatic N) is 2. The maximum Gasteiger partial charge on any atom is 0.149 e. The molecule has 2 aromatic carbocycles. The number of hydrogen-bond donors (Lipinski definition) is 2. The van der Waals surface area contributed by atoms with Crippen molar-refractivity contribution < 1.29 is 5.11 Å². The molecule has 0 saturated heterocycles. The summed E-state index contributed by atoms with van der Waals surface area (Å²) in [4.78, 5) is 8.74. The Bertz CT molecular complexity index is 728. The van der Waals surface area contributed by atoms with Gasteiger partial charge in [-0.05, 0) is 42.5 Å². The first-order valence-corrected chi connectivity index (χ1v) is 6.07. The molecule has 5 heteroatoms. The van der Waals surface area contributed by atoms with Gasteiger partial charge in [0, 0.05) is 10.7 Å². The minimum Gasteiger partial charge on any atom is -0.508 e. The summed E-state index contributed by atoms with van der Waals surface area (Å²) < 4.78 is 0. The first-order chi connectivity index (χ1) is 9.20. The first-order valence-electron chi connectivity index (χ1n) is 5.69. The lowest BCUT2D eigenvalue weighted by Crippen LogP contribution is -1.95. The zero-order valence-corrected chi connectivity index (χ0v) is 10.6. The molecular formula is C14H10ClN3O. The second kappa shape index (κ2) is 4.74. The van der Waals surface area contributed by atoms with E-state index in [0.717, 1.165) is 16.7 Å². The van der Waals surface area contributed by atoms with E-state index in [2.05, 4.69) is 15.3 Å². The molecule has 94 valence electrons. The van der Waals surface area contributed by atoms with Crippen LogP contribution in [0.25, 0.3) is 11.0 Å². The summed E-state index contributed by atoms with van der Waals surface area (Å²) in [5, 5.41) is 13.0. The van der Waals surface area contributed by atoms with E-state index < -0.39 is 0 Å². The molecular weight excluding hydrogens is 262 g/mol. The van der Waals surface area contributed by atoms with Crippen molar-refractivity contribution in [2.24, 2.45) is 0 Å². The highest BCUT2D eigenvalue weighted by molar-refractivity contribution is 6.31. The number of hydrogen-bond acceptors (Lipinski definition) is 4. The molecule has 0 amide bonds. The van der Waals surface area contributed by atoms with Crippen LogP contribution in [-0.2, 0) is 0 Å². The summed E-state index contributed by atoms with van der Waals surface area (Å²) in [5.41, 5.74) is 2.36. The van der Waals surface area contributed by atoms with Crippen molar-refractivity contribution >= 4 is 34.1 Å². The molecule has 0 aliphatic carbocycles. The van der Waals surface area contributed by atoms with Crippen LogP contribution in [0.4, 0.5) is 11.5 Å². The number of anilines is 2. The number of phenols is 1. The van der Waals surface area contributed by atoms with Crippen LogP contribution in [0.3, 0.4) is 0 Å². The molecule has 1 aromatic heterocycles. The van der Waals surface area contributed by atoms with E-state index in [1.165, 1.54) is 0 Å². The Morgan fingerprint density at radius 2 is 1.79 bits per heavy atom. The van der Waals surface area contributed by atoms with Crippen molar-refractivity contribution in [3.63, 3.8) is 0 Å². The van der Waals surface area contributed by atoms with Crippen LogP contribution < -0.4 is 5.32 Å². The Morgan fingerprint density at radius 3 is 2.58 bits per heavy atom. The highest BCUT2D eigenvalue weighted by Gasteiger charge is 2.01. The van der Waals surface area contributed by atoms with Gasteiger partial charge in [-0.15, -0.1) is 0 Å². The zero-order valence-electron chi connectivity index (χ0n) is 9.84. The molecule has 0 aliphatic rings. The highest BCUT2D eigenvalue weighted by Crippen LogP contribution is 2.20. The lowest BCUT2D eigenvalue weighted by atomic mass is 10.3. The minimum absolute atomic E-state index is 0.227. The smallest absolute Gasteiger partial charge is 0.149 e. The van der Waals surface area contributed by atoms with E-state index in [-0.39, 0.29) is 5.75 Å². The van der Waals surface area contributed by atoms with Crippen molar-refractivity contribution in [2.75, 3.05) is 5.32 Å². The van der Waals surface area contributed by atoms with E-state index in [1.807, 2.05) is 6.07 Å². The maximum atomic E-state index is 9.22. The fourth-order valence-electron chi connectivity index (χ4n) is 1.74. The Morgan fingerprint density at radius 1 is 1.00 bits per heavy atom. The van der Waals surface area contributed by atoms with Gasteiger partial charge in [0.15, 0.2) is 0 Å². The molecule has 0 bridgehead atoms. The third-order valence-electron chi connectivity index (χ3n) is 2.64. The van der Waals surface area contributed by atoms with Gasteiger partial charge in [0.2, 0.25) is 0 Å². The predicted octanol–water partition coefficient (Wildman–Crippen LogP) is 3.73. The highest BCUT2D eigenvalue weighted by atomic mass is 35.5. The number of aromatic nitrogens is 2. The molecule has 3 rings (SSSR count). The summed E-state index contributed by atoms with van der Waals surface area (Å²) in [6, 6.07) is 12.1. The number of phenolic OH excluding ortho intramolecular Hbond substituents is 1. The monoisotopic (exact) mass is 271 g/mol. The third kappa shape index (κ3) is 2.58. The quantitative estimate of drug-likeness (QED) is 0.697. The molecule has 0 atom stereocenters. The van der Waals surface area contributed by atoms with E-state index >= 15 is 0 Å². The molecule has 4 nitrogen and oxygen atoms in total. The lowest BCUT2D eigenvalue weighted by molar-refractivity contribution is 0.475. The molecule has 0 aliphatic heterocycles. The fraction of sp³-hybridized carbons (Fsp3) is 0. The van der Waals surface area contributed by atoms with E-state index in [9.17, 15) is 5.11 Å². The number of halogens is 1. The number of aromatic hydroxyl groups is 1. The number of nitrogens with one attached hydrogen (secondary N) is 1. The summed E-state index contributed by atoms with van der Waals surface area (Å²) in [5.74, 6) is 0.866. The topological polar surface area (TPSA) is 58.0 Å². The van der Waals surface area contributed by atoms with E-state index in [1.54, 1.807) is 42.6 Å². The van der Waals surface area contributed by atoms with Gasteiger partial charge in [-0.25, -0.2) is 4.98 Å². The van der Waals surface area contributed by atoms with Crippen LogP contribution in [0, 0.1) is 0 Å². The third-order valence-corrected chi connectivity index (χ3v) is 2.88. The number of rotatable bonds is 2. The zero-order chi connectivity index (χ0) is 13.2. The SMILES string of the molecule is Oc1ccc(Nc2cnc3cc(Cl)ccc3n2)cc1. The number of fused-ring (bicyclic) bond motifs is 1. The van der Waals surface area contributed by atoms with Crippen LogP contribution in [-0.4, -0.2) is 15.1 Å². The minimum atomic E-state index is 0.227. The van der Waals surface area contributed by atoms with Crippen LogP contribution in [0.15, 0.2) is 48.7 Å². The Kier molecular flexibility index (Phi) is 2.93. The fourth-order valence-corrected chi connectivity index (χ4v) is 1.90. The first kappa shape index (κ1) is 11.7. The van der Waals surface area contributed by atoms with Crippen molar-refractivity contribution in [3.05, 3.63) is 53.7 Å². The van der Waals surface area contributed by atoms with Crippen LogP contribution in [0.5, 0.6) is 5.75 Å². The van der Waals surface area contributed by atoms with Gasteiger partial charge in [0.1, 0.15) is 11.6 Å². The molecule has 0 saturated carbocycles. The molecule has 19 heavy (non-hydrogen) atoms. The summed E-state index contributed by atoms with van der Waals surface area (Å²) >= 11 is 5.90. The second-order valence-corrected chi connectivity index (χ2v) is 4.50. The molecule has 3 aromatic rings. The molecule has 0 unspecified atom stereocenters. The van der Waals surface area contributed by atoms with Crippen molar-refractivity contribution in [1.82, 2.24) is 9.97 Å². The van der Waals surface area contributed by atoms with Crippen molar-refractivity contribution in [2.45, 2.75) is 0 Å². The Labute approximate surface area is 114 Å². The predicted molar refractivity (Wildman–Crippen MR) is 75.9 cm³/mol. The Balaban J connectivity index is 1.93. The van der Waals surface area contributed by atoms with Gasteiger partial charge < -0.3 is 10.4 Å². The van der Waals surface area contributed by atoms with E-state index in [4.69, 9.17) is 11.6 Å². The Hall–Kier alpha value is -2.33. The second-order valence-electron chi connectivity index (χ2n) is 4.06. The van der Waals surface area contributed by atoms with Crippen LogP contribution >= 0.6 is 11.6 Å². The summed E-state index contributed by atoms with van der Waals surface area (Å²) in [6.07, 6.45) is 1.64. The average Bonchev–Trinajstić information content (AvgIpc) is 2.42. The van der Waals surface area contributed by atoms with Gasteiger partial charge in [0.05, 0.1) is 17.2 Å². The van der Waals surface area contributed by atoms with Crippen LogP contribution in [0.2, 0.25) is 5.02 Å². The van der Waals surface area contributed by atoms with E-state index in [0.29, 0.717) is 10.8 Å². The van der Waals surface area contributed by atoms with Gasteiger partial charge in [0.25, 0.3) is 0 Å².